The zero-order chi connectivity index (χ0) is 34.4. The lowest BCUT2D eigenvalue weighted by molar-refractivity contribution is 0.643. The fraction of sp³-hybridized carbons (Fsp3) is 0.297. The van der Waals surface area contributed by atoms with Gasteiger partial charge in [0.05, 0.1) is 24.6 Å². The predicted molar refractivity (Wildman–Crippen MR) is 215 cm³/mol. The summed E-state index contributed by atoms with van der Waals surface area (Å²) in [6, 6.07) is 20.3. The number of hydrogen-bond donors (Lipinski definition) is 4. The fourth-order valence-electron chi connectivity index (χ4n) is 4.54. The normalized spacial score (nSPS) is 10.3. The van der Waals surface area contributed by atoms with Crippen LogP contribution in [0.25, 0.3) is 22.6 Å². The maximum absolute atomic E-state index is 8.11. The third-order valence-corrected chi connectivity index (χ3v) is 6.75. The molecule has 2 aromatic carbocycles. The summed E-state index contributed by atoms with van der Waals surface area (Å²) in [6.07, 6.45) is 20.3. The molecule has 0 aliphatic heterocycles. The molecule has 0 saturated carbocycles. The summed E-state index contributed by atoms with van der Waals surface area (Å²) in [5, 5.41) is 11.9. The van der Waals surface area contributed by atoms with E-state index in [9.17, 15) is 0 Å². The smallest absolute Gasteiger partial charge is 0.197 e. The minimum Gasteiger partial charge on any atom is -0.369 e. The number of nitrogens with zero attached hydrogens (tertiary/aromatic N) is 8. The van der Waals surface area contributed by atoms with E-state index < -0.39 is 0 Å². The number of aryl methyl sites for hydroxylation is 3. The molecule has 51 heavy (non-hydrogen) atoms. The molecule has 0 amide bonds. The van der Waals surface area contributed by atoms with Gasteiger partial charge in [-0.1, -0.05) is 102 Å². The van der Waals surface area contributed by atoms with E-state index in [2.05, 4.69) is 71.3 Å². The Morgan fingerprint density at radius 1 is 0.863 bits per heavy atom. The van der Waals surface area contributed by atoms with Gasteiger partial charge in [-0.2, -0.15) is 0 Å². The van der Waals surface area contributed by atoms with E-state index in [0.717, 1.165) is 73.3 Å². The second kappa shape index (κ2) is 26.4. The van der Waals surface area contributed by atoms with Gasteiger partial charge in [0.15, 0.2) is 11.9 Å². The maximum Gasteiger partial charge on any atom is 0.197 e. The quantitative estimate of drug-likeness (QED) is 0.0308. The largest absolute Gasteiger partial charge is 0.369 e. The molecule has 5 aromatic rings. The first-order chi connectivity index (χ1) is 23.3. The molecule has 0 spiro atoms. The van der Waals surface area contributed by atoms with Crippen LogP contribution >= 0.6 is 24.8 Å². The van der Waals surface area contributed by atoms with Crippen LogP contribution < -0.4 is 11.5 Å². The van der Waals surface area contributed by atoms with Gasteiger partial charge in [-0.3, -0.25) is 0 Å². The maximum atomic E-state index is 8.11. The summed E-state index contributed by atoms with van der Waals surface area (Å²) < 4.78 is 1.89. The third kappa shape index (κ3) is 19.3. The summed E-state index contributed by atoms with van der Waals surface area (Å²) in [7, 11) is 0. The van der Waals surface area contributed by atoms with Gasteiger partial charge in [0.25, 0.3) is 0 Å². The predicted octanol–water partition coefficient (Wildman–Crippen LogP) is 8.69. The van der Waals surface area contributed by atoms with Gasteiger partial charge in [-0.25, -0.2) is 14.6 Å². The van der Waals surface area contributed by atoms with Crippen LogP contribution in [-0.4, -0.2) is 41.5 Å². The molecule has 0 bridgehead atoms. The summed E-state index contributed by atoms with van der Waals surface area (Å²) >= 11 is 0. The molecule has 0 aliphatic rings. The number of nitrogens with two attached hydrogens (primary N) is 2. The van der Waals surface area contributed by atoms with Gasteiger partial charge in [0.1, 0.15) is 0 Å². The molecule has 3 heterocycles. The molecule has 0 aliphatic carbocycles. The molecule has 14 heteroatoms. The molecular weight excluding hydrogens is 683 g/mol. The van der Waals surface area contributed by atoms with Crippen molar-refractivity contribution in [2.45, 2.75) is 66.3 Å². The zero-order valence-electron chi connectivity index (χ0n) is 28.4. The number of nitrogens with one attached hydrogen (secondary N) is 2. The summed E-state index contributed by atoms with van der Waals surface area (Å²) in [4.78, 5) is 16.5. The first-order valence-corrected chi connectivity index (χ1v) is 15.7. The molecular formula is C37H50Cl2N12. The average molecular weight is 734 g/mol. The van der Waals surface area contributed by atoms with E-state index in [-0.39, 0.29) is 32.2 Å². The molecule has 0 unspecified atom stereocenters. The molecule has 12 nitrogen and oxygen atoms in total. The van der Waals surface area contributed by atoms with Crippen molar-refractivity contribution in [1.29, 1.82) is 0 Å². The van der Waals surface area contributed by atoms with E-state index in [1.54, 1.807) is 12.4 Å². The van der Waals surface area contributed by atoms with Crippen LogP contribution in [0.5, 0.6) is 0 Å². The van der Waals surface area contributed by atoms with Gasteiger partial charge in [0, 0.05) is 35.5 Å². The highest BCUT2D eigenvalue weighted by Gasteiger charge is 2.04. The van der Waals surface area contributed by atoms with Gasteiger partial charge >= 0.3 is 0 Å². The van der Waals surface area contributed by atoms with E-state index in [1.807, 2.05) is 72.4 Å². The number of nitrogen functional groups attached to an aromatic ring is 2. The van der Waals surface area contributed by atoms with Crippen molar-refractivity contribution >= 4 is 48.9 Å². The Labute approximate surface area is 313 Å². The van der Waals surface area contributed by atoms with Crippen LogP contribution in [0.2, 0.25) is 0 Å². The second-order valence-electron chi connectivity index (χ2n) is 11.1. The zero-order valence-corrected chi connectivity index (χ0v) is 30.1. The number of benzene rings is 2. The Kier molecular flexibility index (Phi) is 23.6. The molecule has 0 fully saturated rings. The molecule has 6 N–H and O–H groups in total. The second-order valence-corrected chi connectivity index (χ2v) is 11.1. The molecule has 0 saturated heterocycles. The minimum absolute atomic E-state index is 0. The van der Waals surface area contributed by atoms with Gasteiger partial charge in [-0.05, 0) is 62.6 Å². The number of H-pyrrole nitrogens is 2. The number of imidazole rings is 2. The molecule has 3 aromatic heterocycles. The highest BCUT2D eigenvalue weighted by atomic mass is 35.5. The summed E-state index contributed by atoms with van der Waals surface area (Å²) in [5.41, 5.74) is 26.8. The number of halogens is 2. The lowest BCUT2D eigenvalue weighted by Gasteiger charge is -2.01. The number of aromatic nitrogens is 7. The molecule has 0 atom stereocenters. The number of aromatic amines is 2. The Balaban J connectivity index is 0.000000790. The molecule has 0 radical (unpaired) electrons. The summed E-state index contributed by atoms with van der Waals surface area (Å²) in [6.45, 7) is 5.24. The lowest BCUT2D eigenvalue weighted by atomic mass is 10.1. The van der Waals surface area contributed by atoms with Crippen LogP contribution in [0.1, 0.15) is 68.7 Å². The van der Waals surface area contributed by atoms with Crippen molar-refractivity contribution < 1.29 is 0 Å². The van der Waals surface area contributed by atoms with Crippen molar-refractivity contribution in [2.24, 2.45) is 5.11 Å². The Morgan fingerprint density at radius 3 is 1.88 bits per heavy atom. The highest BCUT2D eigenvalue weighted by Crippen LogP contribution is 2.10. The van der Waals surface area contributed by atoms with Crippen LogP contribution in [0, 0.1) is 12.3 Å². The van der Waals surface area contributed by atoms with Crippen LogP contribution in [0.15, 0.2) is 95.5 Å². The highest BCUT2D eigenvalue weighted by molar-refractivity contribution is 5.85. The number of azide groups is 1. The first-order valence-electron chi connectivity index (χ1n) is 15.7. The Morgan fingerprint density at radius 2 is 1.39 bits per heavy atom. The number of anilines is 2. The number of rotatable bonds is 13. The summed E-state index contributed by atoms with van der Waals surface area (Å²) in [5.74, 6) is 3.52. The van der Waals surface area contributed by atoms with E-state index in [0.29, 0.717) is 18.4 Å². The van der Waals surface area contributed by atoms with Crippen LogP contribution in [0.3, 0.4) is 0 Å². The lowest BCUT2D eigenvalue weighted by Crippen LogP contribution is -1.99. The topological polar surface area (TPSA) is 189 Å². The number of unbranched alkanes of at least 4 members (excludes halogenated alkanes) is 1. The number of terminal acetylenes is 1. The third-order valence-electron chi connectivity index (χ3n) is 6.75. The number of allylic oxidation sites excluding steroid dienone is 1. The fourth-order valence-corrected chi connectivity index (χ4v) is 4.54. The van der Waals surface area contributed by atoms with E-state index >= 15 is 0 Å². The molecule has 5 rings (SSSR count). The van der Waals surface area contributed by atoms with E-state index in [1.165, 1.54) is 11.1 Å². The standard InChI is InChI=1S/C18H22N6.C10H11N3.C8H11N3.CH4.2ClH/c1-14(10-15-6-3-2-4-7-15)12-24-13-17(22-23-24)9-5-8-16-11-20-18(19)21-16;1-9(8-12-13-11)7-10-5-3-2-4-6-10;1-2-3-4-5-7-6-10-8(9)11-7;;;/h2-4,6-7,10-11,13H,5,8-9,12H2,1H3,(H3,19,20,21);2-7H,8H2,1H3;1,6H,3-5H2,(H3,9,10,11);1H4;2*1H/b14-10+;9-7+;;;;. The average Bonchev–Trinajstić information content (AvgIpc) is 3.83. The monoisotopic (exact) mass is 732 g/mol. The Bertz CT molecular complexity index is 1800. The van der Waals surface area contributed by atoms with Crippen LogP contribution in [0.4, 0.5) is 11.9 Å². The van der Waals surface area contributed by atoms with Crippen molar-refractivity contribution in [2.75, 3.05) is 18.0 Å². The molecule has 272 valence electrons. The SMILES string of the molecule is C.C#CCCCc1cnc(N)[nH]1.C/C(=C\c1ccccc1)CN=[N+]=[N-].C/C(=C\c1ccccc1)Cn1cc(CCCc2cnc(N)[nH]2)nn1.Cl.Cl. The van der Waals surface area contributed by atoms with Gasteiger partial charge in [0.2, 0.25) is 0 Å². The van der Waals surface area contributed by atoms with Gasteiger partial charge in [-0.15, -0.1) is 42.3 Å². The van der Waals surface area contributed by atoms with Crippen molar-refractivity contribution in [3.05, 3.63) is 129 Å². The first kappa shape index (κ1) is 45.5. The van der Waals surface area contributed by atoms with Crippen molar-refractivity contribution in [1.82, 2.24) is 34.9 Å². The number of hydrogen-bond acceptors (Lipinski definition) is 7. The van der Waals surface area contributed by atoms with E-state index in [4.69, 9.17) is 23.4 Å². The minimum atomic E-state index is 0. The van der Waals surface area contributed by atoms with Crippen LogP contribution in [-0.2, 0) is 25.8 Å². The van der Waals surface area contributed by atoms with Gasteiger partial charge < -0.3 is 21.4 Å². The van der Waals surface area contributed by atoms with Crippen molar-refractivity contribution in [3.8, 4) is 12.3 Å². The van der Waals surface area contributed by atoms with Crippen molar-refractivity contribution in [3.63, 3.8) is 0 Å². The Hall–Kier alpha value is -5.47.